The van der Waals surface area contributed by atoms with Gasteiger partial charge in [-0.2, -0.15) is 0 Å². The number of aryl methyl sites for hydroxylation is 1. The molecule has 78 valence electrons. The fourth-order valence-electron chi connectivity index (χ4n) is 1.41. The molecule has 0 atom stereocenters. The first-order valence-corrected chi connectivity index (χ1v) is 4.97. The van der Waals surface area contributed by atoms with Gasteiger partial charge < -0.3 is 10.8 Å². The predicted octanol–water partition coefficient (Wildman–Crippen LogP) is 1.69. The van der Waals surface area contributed by atoms with Crippen molar-refractivity contribution in [2.24, 2.45) is 0 Å². The normalized spacial score (nSPS) is 10.8. The van der Waals surface area contributed by atoms with Crippen molar-refractivity contribution in [1.29, 1.82) is 0 Å². The van der Waals surface area contributed by atoms with E-state index in [2.05, 4.69) is 20.9 Å². The summed E-state index contributed by atoms with van der Waals surface area (Å²) < 4.78 is 2.28. The summed E-state index contributed by atoms with van der Waals surface area (Å²) >= 11 is 3.31. The first kappa shape index (κ1) is 9.97. The van der Waals surface area contributed by atoms with Crippen LogP contribution < -0.4 is 5.73 Å². The summed E-state index contributed by atoms with van der Waals surface area (Å²) in [5.74, 6) is -0.984. The number of hydrogen-bond donors (Lipinski definition) is 2. The first-order chi connectivity index (χ1) is 7.00. The molecule has 3 N–H and O–H groups in total. The molecule has 0 aromatic carbocycles. The molecule has 2 aromatic rings. The van der Waals surface area contributed by atoms with Gasteiger partial charge in [-0.25, -0.2) is 9.78 Å². The number of imidazole rings is 1. The van der Waals surface area contributed by atoms with Crippen LogP contribution in [0.4, 0.5) is 5.82 Å². The molecule has 0 unspecified atom stereocenters. The number of carboxylic acid groups (broad SMARTS) is 1. The van der Waals surface area contributed by atoms with E-state index in [4.69, 9.17) is 10.8 Å². The van der Waals surface area contributed by atoms with Crippen molar-refractivity contribution in [3.63, 3.8) is 0 Å². The Labute approximate surface area is 93.7 Å². The van der Waals surface area contributed by atoms with Gasteiger partial charge in [-0.15, -0.1) is 0 Å². The summed E-state index contributed by atoms with van der Waals surface area (Å²) in [4.78, 5) is 14.8. The van der Waals surface area contributed by atoms with Gasteiger partial charge in [0.15, 0.2) is 11.3 Å². The monoisotopic (exact) mass is 269 g/mol. The fourth-order valence-corrected chi connectivity index (χ4v) is 2.05. The van der Waals surface area contributed by atoms with Gasteiger partial charge in [0, 0.05) is 6.20 Å². The van der Waals surface area contributed by atoms with E-state index in [1.807, 2.05) is 13.0 Å². The highest BCUT2D eigenvalue weighted by molar-refractivity contribution is 9.10. The SMILES string of the molecule is Cc1cc(Br)c2nc(C(=O)O)c(N)n2c1. The van der Waals surface area contributed by atoms with Gasteiger partial charge in [0.05, 0.1) is 4.47 Å². The first-order valence-electron chi connectivity index (χ1n) is 4.17. The summed E-state index contributed by atoms with van der Waals surface area (Å²) in [7, 11) is 0. The van der Waals surface area contributed by atoms with Crippen LogP contribution in [0.5, 0.6) is 0 Å². The molecule has 0 aliphatic heterocycles. The van der Waals surface area contributed by atoms with Crippen LogP contribution in [0.1, 0.15) is 16.1 Å². The summed E-state index contributed by atoms with van der Waals surface area (Å²) in [5, 5.41) is 8.86. The molecule has 0 aliphatic carbocycles. The zero-order chi connectivity index (χ0) is 11.2. The Kier molecular flexibility index (Phi) is 2.15. The molecule has 5 nitrogen and oxygen atoms in total. The van der Waals surface area contributed by atoms with E-state index < -0.39 is 5.97 Å². The third-order valence-electron chi connectivity index (χ3n) is 2.05. The number of halogens is 1. The molecule has 15 heavy (non-hydrogen) atoms. The lowest BCUT2D eigenvalue weighted by Crippen LogP contribution is -2.02. The maximum Gasteiger partial charge on any atom is 0.358 e. The summed E-state index contributed by atoms with van der Waals surface area (Å²) in [5.41, 5.74) is 7.03. The van der Waals surface area contributed by atoms with Crippen molar-refractivity contribution in [2.75, 3.05) is 5.73 Å². The summed E-state index contributed by atoms with van der Waals surface area (Å²) in [6, 6.07) is 1.85. The molecule has 0 amide bonds. The van der Waals surface area contributed by atoms with E-state index >= 15 is 0 Å². The van der Waals surface area contributed by atoms with Crippen molar-refractivity contribution in [3.05, 3.63) is 28.0 Å². The lowest BCUT2D eigenvalue weighted by atomic mass is 10.3. The predicted molar refractivity (Wildman–Crippen MR) is 59.0 cm³/mol. The van der Waals surface area contributed by atoms with Crippen LogP contribution in [-0.4, -0.2) is 20.5 Å². The van der Waals surface area contributed by atoms with Gasteiger partial charge in [-0.3, -0.25) is 4.40 Å². The average molecular weight is 270 g/mol. The van der Waals surface area contributed by atoms with Crippen LogP contribution in [0.25, 0.3) is 5.65 Å². The maximum atomic E-state index is 10.8. The largest absolute Gasteiger partial charge is 0.476 e. The number of carbonyl (C=O) groups is 1. The number of anilines is 1. The Morgan fingerprint density at radius 3 is 2.93 bits per heavy atom. The van der Waals surface area contributed by atoms with E-state index in [9.17, 15) is 4.79 Å². The van der Waals surface area contributed by atoms with Crippen LogP contribution in [0.15, 0.2) is 16.7 Å². The number of pyridine rings is 1. The fraction of sp³-hybridized carbons (Fsp3) is 0.111. The third kappa shape index (κ3) is 1.46. The highest BCUT2D eigenvalue weighted by atomic mass is 79.9. The molecule has 0 fully saturated rings. The molecule has 2 aromatic heterocycles. The zero-order valence-corrected chi connectivity index (χ0v) is 9.45. The van der Waals surface area contributed by atoms with E-state index in [0.717, 1.165) is 10.0 Å². The van der Waals surface area contributed by atoms with Gasteiger partial charge >= 0.3 is 5.97 Å². The number of carboxylic acids is 1. The van der Waals surface area contributed by atoms with Gasteiger partial charge in [-0.05, 0) is 34.5 Å². The second-order valence-electron chi connectivity index (χ2n) is 3.21. The minimum Gasteiger partial charge on any atom is -0.476 e. The third-order valence-corrected chi connectivity index (χ3v) is 2.63. The molecule has 0 radical (unpaired) electrons. The van der Waals surface area contributed by atoms with Crippen LogP contribution in [0.2, 0.25) is 0 Å². The molecule has 0 saturated carbocycles. The van der Waals surface area contributed by atoms with Crippen molar-refractivity contribution in [1.82, 2.24) is 9.38 Å². The van der Waals surface area contributed by atoms with Gasteiger partial charge in [0.25, 0.3) is 0 Å². The highest BCUT2D eigenvalue weighted by Crippen LogP contribution is 2.23. The standard InChI is InChI=1S/C9H8BrN3O2/c1-4-2-5(10)8-12-6(9(14)15)7(11)13(8)3-4/h2-3H,11H2,1H3,(H,14,15). The van der Waals surface area contributed by atoms with E-state index in [-0.39, 0.29) is 11.5 Å². The molecule has 0 spiro atoms. The minimum atomic E-state index is -1.12. The molecular formula is C9H8BrN3O2. The van der Waals surface area contributed by atoms with Crippen molar-refractivity contribution in [3.8, 4) is 0 Å². The van der Waals surface area contributed by atoms with Crippen LogP contribution in [0.3, 0.4) is 0 Å². The average Bonchev–Trinajstić information content (AvgIpc) is 2.44. The molecule has 2 rings (SSSR count). The molecule has 0 bridgehead atoms. The Hall–Kier alpha value is -1.56. The molecule has 6 heteroatoms. The number of fused-ring (bicyclic) bond motifs is 1. The number of nitrogens with two attached hydrogens (primary N) is 1. The van der Waals surface area contributed by atoms with Gasteiger partial charge in [0.2, 0.25) is 0 Å². The van der Waals surface area contributed by atoms with Crippen molar-refractivity contribution in [2.45, 2.75) is 6.92 Å². The minimum absolute atomic E-state index is 0.124. The lowest BCUT2D eigenvalue weighted by molar-refractivity contribution is 0.0692. The van der Waals surface area contributed by atoms with E-state index in [1.165, 1.54) is 0 Å². The van der Waals surface area contributed by atoms with Crippen molar-refractivity contribution < 1.29 is 9.90 Å². The van der Waals surface area contributed by atoms with Gasteiger partial charge in [-0.1, -0.05) is 0 Å². The second-order valence-corrected chi connectivity index (χ2v) is 4.06. The Bertz CT molecular complexity index is 562. The Balaban J connectivity index is 2.88. The summed E-state index contributed by atoms with van der Waals surface area (Å²) in [6.07, 6.45) is 1.74. The topological polar surface area (TPSA) is 80.6 Å². The highest BCUT2D eigenvalue weighted by Gasteiger charge is 2.17. The number of nitrogens with zero attached hydrogens (tertiary/aromatic N) is 2. The number of hydrogen-bond acceptors (Lipinski definition) is 3. The lowest BCUT2D eigenvalue weighted by Gasteiger charge is -2.00. The van der Waals surface area contributed by atoms with Crippen LogP contribution >= 0.6 is 15.9 Å². The summed E-state index contributed by atoms with van der Waals surface area (Å²) in [6.45, 7) is 1.89. The van der Waals surface area contributed by atoms with E-state index in [0.29, 0.717) is 5.65 Å². The molecular weight excluding hydrogens is 262 g/mol. The Morgan fingerprint density at radius 1 is 1.67 bits per heavy atom. The van der Waals surface area contributed by atoms with E-state index in [1.54, 1.807) is 10.6 Å². The second kappa shape index (κ2) is 3.23. The maximum absolute atomic E-state index is 10.8. The quantitative estimate of drug-likeness (QED) is 0.826. The smallest absolute Gasteiger partial charge is 0.358 e. The number of rotatable bonds is 1. The number of aromatic nitrogens is 2. The molecule has 0 saturated heterocycles. The van der Waals surface area contributed by atoms with Gasteiger partial charge in [0.1, 0.15) is 5.82 Å². The number of aromatic carboxylic acids is 1. The van der Waals surface area contributed by atoms with Crippen molar-refractivity contribution >= 4 is 33.4 Å². The molecule has 0 aliphatic rings. The van der Waals surface area contributed by atoms with Crippen LogP contribution in [-0.2, 0) is 0 Å². The molecule has 2 heterocycles. The Morgan fingerprint density at radius 2 is 2.33 bits per heavy atom. The van der Waals surface area contributed by atoms with Crippen LogP contribution in [0, 0.1) is 6.92 Å². The zero-order valence-electron chi connectivity index (χ0n) is 7.86. The number of nitrogen functional groups attached to an aromatic ring is 1.